The number of benzene rings is 1. The Kier molecular flexibility index (Phi) is 5.12. The summed E-state index contributed by atoms with van der Waals surface area (Å²) in [7, 11) is 0. The maximum absolute atomic E-state index is 12.6. The predicted molar refractivity (Wildman–Crippen MR) is 93.4 cm³/mol. The van der Waals surface area contributed by atoms with Gasteiger partial charge >= 0.3 is 6.03 Å². The molecule has 4 nitrogen and oxygen atoms in total. The van der Waals surface area contributed by atoms with Gasteiger partial charge in [-0.3, -0.25) is 0 Å². The van der Waals surface area contributed by atoms with E-state index in [0.29, 0.717) is 18.3 Å². The number of nitrogens with one attached hydrogen (secondary N) is 1. The van der Waals surface area contributed by atoms with E-state index >= 15 is 0 Å². The van der Waals surface area contributed by atoms with Crippen molar-refractivity contribution in [2.45, 2.75) is 42.8 Å². The van der Waals surface area contributed by atoms with E-state index in [1.807, 2.05) is 36.1 Å². The second-order valence-electron chi connectivity index (χ2n) is 6.57. The Bertz CT molecular complexity index is 601. The van der Waals surface area contributed by atoms with Crippen molar-refractivity contribution >= 4 is 23.5 Å². The van der Waals surface area contributed by atoms with Crippen molar-refractivity contribution in [2.75, 3.05) is 18.4 Å². The SMILES string of the molecule is C[C@H](CC#N)Sc1ccccc1NC(=O)N1C[C@H]2CCC[C@H]2C1. The van der Waals surface area contributed by atoms with E-state index in [0.717, 1.165) is 23.7 Å². The first-order valence-electron chi connectivity index (χ1n) is 8.36. The minimum Gasteiger partial charge on any atom is -0.324 e. The molecule has 23 heavy (non-hydrogen) atoms. The number of amides is 2. The Morgan fingerprint density at radius 1 is 1.39 bits per heavy atom. The maximum atomic E-state index is 12.6. The number of carbonyl (C=O) groups is 1. The first-order valence-corrected chi connectivity index (χ1v) is 9.24. The maximum Gasteiger partial charge on any atom is 0.321 e. The molecule has 1 aromatic carbocycles. The number of likely N-dealkylation sites (tertiary alicyclic amines) is 1. The number of thioether (sulfide) groups is 1. The smallest absolute Gasteiger partial charge is 0.321 e. The topological polar surface area (TPSA) is 56.1 Å². The van der Waals surface area contributed by atoms with E-state index in [1.54, 1.807) is 11.8 Å². The van der Waals surface area contributed by atoms with Gasteiger partial charge in [-0.2, -0.15) is 5.26 Å². The van der Waals surface area contributed by atoms with Crippen LogP contribution in [0.1, 0.15) is 32.6 Å². The molecule has 1 saturated heterocycles. The van der Waals surface area contributed by atoms with Crippen LogP contribution >= 0.6 is 11.8 Å². The fraction of sp³-hybridized carbons (Fsp3) is 0.556. The van der Waals surface area contributed by atoms with Crippen molar-refractivity contribution in [3.63, 3.8) is 0 Å². The molecule has 2 fully saturated rings. The number of anilines is 1. The van der Waals surface area contributed by atoms with Crippen LogP contribution in [0.3, 0.4) is 0 Å². The number of hydrogen-bond donors (Lipinski definition) is 1. The number of para-hydroxylation sites is 1. The summed E-state index contributed by atoms with van der Waals surface area (Å²) in [4.78, 5) is 15.6. The standard InChI is InChI=1S/C18H23N3OS/c1-13(9-10-19)23-17-8-3-2-7-16(17)20-18(22)21-11-14-5-4-6-15(14)12-21/h2-3,7-8,13-15H,4-6,9,11-12H2,1H3,(H,20,22)/t13-,14-,15+/m1/s1. The van der Waals surface area contributed by atoms with Gasteiger partial charge in [0.25, 0.3) is 0 Å². The van der Waals surface area contributed by atoms with Crippen LogP contribution in [0.2, 0.25) is 0 Å². The Morgan fingerprint density at radius 2 is 2.09 bits per heavy atom. The van der Waals surface area contributed by atoms with Crippen molar-refractivity contribution in [3.8, 4) is 6.07 Å². The first kappa shape index (κ1) is 16.2. The molecule has 0 aromatic heterocycles. The molecule has 3 rings (SSSR count). The Balaban J connectivity index is 1.63. The quantitative estimate of drug-likeness (QED) is 0.836. The first-order chi connectivity index (χ1) is 11.2. The summed E-state index contributed by atoms with van der Waals surface area (Å²) in [5.74, 6) is 1.42. The number of urea groups is 1. The minimum absolute atomic E-state index is 0.0142. The highest BCUT2D eigenvalue weighted by Gasteiger charge is 2.38. The minimum atomic E-state index is 0.0142. The van der Waals surface area contributed by atoms with E-state index in [9.17, 15) is 4.79 Å². The average molecular weight is 329 g/mol. The predicted octanol–water partition coefficient (Wildman–Crippen LogP) is 4.34. The van der Waals surface area contributed by atoms with Gasteiger partial charge in [0.05, 0.1) is 11.8 Å². The van der Waals surface area contributed by atoms with E-state index in [1.165, 1.54) is 19.3 Å². The Hall–Kier alpha value is -1.67. The van der Waals surface area contributed by atoms with Gasteiger partial charge in [0.1, 0.15) is 0 Å². The summed E-state index contributed by atoms with van der Waals surface area (Å²) in [5.41, 5.74) is 0.851. The zero-order chi connectivity index (χ0) is 16.2. The molecule has 3 atom stereocenters. The average Bonchev–Trinajstić information content (AvgIpc) is 3.11. The lowest BCUT2D eigenvalue weighted by Crippen LogP contribution is -2.33. The van der Waals surface area contributed by atoms with Gasteiger partial charge in [-0.15, -0.1) is 11.8 Å². The van der Waals surface area contributed by atoms with Crippen LogP contribution in [0, 0.1) is 23.2 Å². The molecule has 1 aliphatic carbocycles. The summed E-state index contributed by atoms with van der Waals surface area (Å²) in [6.45, 7) is 3.83. The molecule has 5 heteroatoms. The Labute approximate surface area is 142 Å². The summed E-state index contributed by atoms with van der Waals surface area (Å²) in [6, 6.07) is 10.1. The molecule has 1 aliphatic heterocycles. The number of hydrogen-bond acceptors (Lipinski definition) is 3. The van der Waals surface area contributed by atoms with Crippen LogP contribution in [0.5, 0.6) is 0 Å². The van der Waals surface area contributed by atoms with Crippen LogP contribution in [-0.4, -0.2) is 29.3 Å². The van der Waals surface area contributed by atoms with E-state index in [4.69, 9.17) is 5.26 Å². The third-order valence-electron chi connectivity index (χ3n) is 4.85. The van der Waals surface area contributed by atoms with E-state index < -0.39 is 0 Å². The van der Waals surface area contributed by atoms with Crippen LogP contribution in [0.15, 0.2) is 29.2 Å². The van der Waals surface area contributed by atoms with Gasteiger partial charge in [0.15, 0.2) is 0 Å². The molecule has 122 valence electrons. The number of fused-ring (bicyclic) bond motifs is 1. The van der Waals surface area contributed by atoms with Gasteiger partial charge in [-0.05, 0) is 36.8 Å². The molecule has 1 heterocycles. The summed E-state index contributed by atoms with van der Waals surface area (Å²) in [5, 5.41) is 12.1. The highest BCUT2D eigenvalue weighted by atomic mass is 32.2. The van der Waals surface area contributed by atoms with Gasteiger partial charge in [-0.1, -0.05) is 25.5 Å². The number of carbonyl (C=O) groups excluding carboxylic acids is 1. The van der Waals surface area contributed by atoms with Crippen LogP contribution < -0.4 is 5.32 Å². The summed E-state index contributed by atoms with van der Waals surface area (Å²) in [6.07, 6.45) is 4.36. The van der Waals surface area contributed by atoms with Crippen LogP contribution in [-0.2, 0) is 0 Å². The Morgan fingerprint density at radius 3 is 2.78 bits per heavy atom. The molecular formula is C18H23N3OS. The van der Waals surface area contributed by atoms with Crippen LogP contribution in [0.4, 0.5) is 10.5 Å². The number of nitrogens with zero attached hydrogens (tertiary/aromatic N) is 2. The van der Waals surface area contributed by atoms with E-state index in [-0.39, 0.29) is 11.3 Å². The summed E-state index contributed by atoms with van der Waals surface area (Å²) >= 11 is 1.64. The monoisotopic (exact) mass is 329 g/mol. The normalized spacial score (nSPS) is 24.1. The fourth-order valence-corrected chi connectivity index (χ4v) is 4.65. The summed E-state index contributed by atoms with van der Waals surface area (Å²) < 4.78 is 0. The number of rotatable bonds is 4. The van der Waals surface area contributed by atoms with Gasteiger partial charge in [-0.25, -0.2) is 4.79 Å². The fourth-order valence-electron chi connectivity index (χ4n) is 3.65. The third kappa shape index (κ3) is 3.81. The molecule has 0 bridgehead atoms. The van der Waals surface area contributed by atoms with Crippen molar-refractivity contribution in [2.24, 2.45) is 11.8 Å². The molecule has 1 N–H and O–H groups in total. The zero-order valence-corrected chi connectivity index (χ0v) is 14.3. The second kappa shape index (κ2) is 7.27. The second-order valence-corrected chi connectivity index (χ2v) is 8.05. The molecule has 0 unspecified atom stereocenters. The van der Waals surface area contributed by atoms with Crippen molar-refractivity contribution in [1.29, 1.82) is 5.26 Å². The number of nitriles is 1. The molecule has 1 aromatic rings. The van der Waals surface area contributed by atoms with Crippen LogP contribution in [0.25, 0.3) is 0 Å². The lowest BCUT2D eigenvalue weighted by molar-refractivity contribution is 0.219. The van der Waals surface area contributed by atoms with Crippen molar-refractivity contribution in [1.82, 2.24) is 4.90 Å². The highest BCUT2D eigenvalue weighted by molar-refractivity contribution is 8.00. The van der Waals surface area contributed by atoms with Gasteiger partial charge < -0.3 is 10.2 Å². The lowest BCUT2D eigenvalue weighted by Gasteiger charge is -2.20. The largest absolute Gasteiger partial charge is 0.324 e. The van der Waals surface area contributed by atoms with Crippen molar-refractivity contribution < 1.29 is 4.79 Å². The molecule has 0 spiro atoms. The highest BCUT2D eigenvalue weighted by Crippen LogP contribution is 2.38. The van der Waals surface area contributed by atoms with Gasteiger partial charge in [0.2, 0.25) is 0 Å². The molecular weight excluding hydrogens is 306 g/mol. The van der Waals surface area contributed by atoms with Crippen molar-refractivity contribution in [3.05, 3.63) is 24.3 Å². The van der Waals surface area contributed by atoms with E-state index in [2.05, 4.69) is 11.4 Å². The molecule has 0 radical (unpaired) electrons. The molecule has 2 amide bonds. The lowest BCUT2D eigenvalue weighted by atomic mass is 10.0. The molecule has 1 saturated carbocycles. The zero-order valence-electron chi connectivity index (χ0n) is 13.5. The third-order valence-corrected chi connectivity index (χ3v) is 6.03. The van der Waals surface area contributed by atoms with Gasteiger partial charge in [0, 0.05) is 29.7 Å². The molecule has 2 aliphatic rings.